The SMILES string of the molecule is CC1CCCN(CC(=O)NC(=O)Nc2ccc3c(c2)OCCO3)C1. The average Bonchev–Trinajstić information content (AvgIpc) is 2.54. The molecule has 2 heterocycles. The van der Waals surface area contributed by atoms with Crippen LogP contribution in [0.25, 0.3) is 0 Å². The highest BCUT2D eigenvalue weighted by Crippen LogP contribution is 2.32. The van der Waals surface area contributed by atoms with Gasteiger partial charge in [-0.1, -0.05) is 6.92 Å². The Bertz CT molecular complexity index is 620. The number of carbonyl (C=O) groups is 2. The van der Waals surface area contributed by atoms with Crippen LogP contribution in [-0.4, -0.2) is 49.7 Å². The molecule has 2 N–H and O–H groups in total. The van der Waals surface area contributed by atoms with Crippen LogP contribution in [0.2, 0.25) is 0 Å². The molecular formula is C17H23N3O4. The largest absolute Gasteiger partial charge is 0.486 e. The van der Waals surface area contributed by atoms with E-state index < -0.39 is 6.03 Å². The average molecular weight is 333 g/mol. The van der Waals surface area contributed by atoms with Crippen LogP contribution in [0, 0.1) is 5.92 Å². The van der Waals surface area contributed by atoms with Crippen molar-refractivity contribution < 1.29 is 19.1 Å². The van der Waals surface area contributed by atoms with E-state index in [0.717, 1.165) is 19.5 Å². The summed E-state index contributed by atoms with van der Waals surface area (Å²) in [4.78, 5) is 26.0. The van der Waals surface area contributed by atoms with Crippen molar-refractivity contribution in [2.24, 2.45) is 5.92 Å². The first-order valence-corrected chi connectivity index (χ1v) is 8.33. The summed E-state index contributed by atoms with van der Waals surface area (Å²) in [6, 6.07) is 4.59. The fraction of sp³-hybridized carbons (Fsp3) is 0.529. The van der Waals surface area contributed by atoms with Gasteiger partial charge in [-0.2, -0.15) is 0 Å². The molecule has 130 valence electrons. The van der Waals surface area contributed by atoms with Crippen LogP contribution in [0.5, 0.6) is 11.5 Å². The highest BCUT2D eigenvalue weighted by molar-refractivity contribution is 6.01. The summed E-state index contributed by atoms with van der Waals surface area (Å²) in [5.74, 6) is 1.55. The monoisotopic (exact) mass is 333 g/mol. The zero-order chi connectivity index (χ0) is 16.9. The zero-order valence-corrected chi connectivity index (χ0v) is 13.8. The van der Waals surface area contributed by atoms with E-state index >= 15 is 0 Å². The first-order valence-electron chi connectivity index (χ1n) is 8.33. The number of likely N-dealkylation sites (tertiary alicyclic amines) is 1. The maximum atomic E-state index is 12.0. The number of nitrogens with one attached hydrogen (secondary N) is 2. The van der Waals surface area contributed by atoms with Gasteiger partial charge in [-0.15, -0.1) is 0 Å². The topological polar surface area (TPSA) is 79.9 Å². The Hall–Kier alpha value is -2.28. The number of ether oxygens (including phenoxy) is 2. The molecule has 1 atom stereocenters. The van der Waals surface area contributed by atoms with E-state index in [1.165, 1.54) is 6.42 Å². The highest BCUT2D eigenvalue weighted by atomic mass is 16.6. The van der Waals surface area contributed by atoms with Crippen molar-refractivity contribution in [1.82, 2.24) is 10.2 Å². The number of piperidine rings is 1. The number of nitrogens with zero attached hydrogens (tertiary/aromatic N) is 1. The summed E-state index contributed by atoms with van der Waals surface area (Å²) in [5.41, 5.74) is 0.552. The number of urea groups is 1. The van der Waals surface area contributed by atoms with Crippen LogP contribution in [-0.2, 0) is 4.79 Å². The molecule has 2 aliphatic heterocycles. The number of rotatable bonds is 3. The van der Waals surface area contributed by atoms with Gasteiger partial charge in [0, 0.05) is 18.3 Å². The van der Waals surface area contributed by atoms with E-state index in [9.17, 15) is 9.59 Å². The number of amides is 3. The normalized spacial score (nSPS) is 20.3. The quantitative estimate of drug-likeness (QED) is 0.882. The molecule has 1 saturated heterocycles. The lowest BCUT2D eigenvalue weighted by atomic mass is 10.0. The Labute approximate surface area is 141 Å². The van der Waals surface area contributed by atoms with Crippen molar-refractivity contribution >= 4 is 17.6 Å². The Morgan fingerprint density at radius 2 is 2.04 bits per heavy atom. The molecule has 1 aromatic rings. The Balaban J connectivity index is 1.49. The van der Waals surface area contributed by atoms with Gasteiger partial charge in [0.2, 0.25) is 5.91 Å². The summed E-state index contributed by atoms with van der Waals surface area (Å²) in [6.45, 7) is 5.23. The van der Waals surface area contributed by atoms with Gasteiger partial charge in [-0.05, 0) is 37.4 Å². The molecule has 24 heavy (non-hydrogen) atoms. The Morgan fingerprint density at radius 3 is 2.83 bits per heavy atom. The molecule has 1 fully saturated rings. The van der Waals surface area contributed by atoms with Crippen molar-refractivity contribution in [3.63, 3.8) is 0 Å². The summed E-state index contributed by atoms with van der Waals surface area (Å²) in [5, 5.41) is 5.01. The van der Waals surface area contributed by atoms with Crippen LogP contribution in [0.1, 0.15) is 19.8 Å². The molecule has 0 aliphatic carbocycles. The number of carbonyl (C=O) groups excluding carboxylic acids is 2. The van der Waals surface area contributed by atoms with Crippen molar-refractivity contribution in [2.45, 2.75) is 19.8 Å². The van der Waals surface area contributed by atoms with Gasteiger partial charge in [-0.25, -0.2) is 4.79 Å². The molecule has 0 bridgehead atoms. The van der Waals surface area contributed by atoms with Gasteiger partial charge in [0.15, 0.2) is 11.5 Å². The molecule has 0 saturated carbocycles. The highest BCUT2D eigenvalue weighted by Gasteiger charge is 2.19. The lowest BCUT2D eigenvalue weighted by Crippen LogP contribution is -2.44. The fourth-order valence-electron chi connectivity index (χ4n) is 3.08. The van der Waals surface area contributed by atoms with Gasteiger partial charge in [0.05, 0.1) is 6.54 Å². The minimum atomic E-state index is -0.540. The van der Waals surface area contributed by atoms with Crippen molar-refractivity contribution in [3.8, 4) is 11.5 Å². The van der Waals surface area contributed by atoms with E-state index in [1.807, 2.05) is 0 Å². The predicted octanol–water partition coefficient (Wildman–Crippen LogP) is 1.84. The number of fused-ring (bicyclic) bond motifs is 1. The first kappa shape index (κ1) is 16.6. The molecule has 1 unspecified atom stereocenters. The molecule has 1 aromatic carbocycles. The lowest BCUT2D eigenvalue weighted by Gasteiger charge is -2.29. The molecule has 7 nitrogen and oxygen atoms in total. The van der Waals surface area contributed by atoms with Crippen molar-refractivity contribution in [1.29, 1.82) is 0 Å². The number of imide groups is 1. The minimum absolute atomic E-state index is 0.249. The summed E-state index contributed by atoms with van der Waals surface area (Å²) in [7, 11) is 0. The summed E-state index contributed by atoms with van der Waals surface area (Å²) < 4.78 is 10.9. The molecule has 2 aliphatic rings. The van der Waals surface area contributed by atoms with E-state index in [1.54, 1.807) is 18.2 Å². The number of hydrogen-bond acceptors (Lipinski definition) is 5. The standard InChI is InChI=1S/C17H23N3O4/c1-12-3-2-6-20(10-12)11-16(21)19-17(22)18-13-4-5-14-15(9-13)24-8-7-23-14/h4-5,9,12H,2-3,6-8,10-11H2,1H3,(H2,18,19,21,22). The van der Waals surface area contributed by atoms with Crippen molar-refractivity contribution in [2.75, 3.05) is 38.2 Å². The maximum absolute atomic E-state index is 12.0. The van der Waals surface area contributed by atoms with Gasteiger partial charge >= 0.3 is 6.03 Å². The molecule has 3 rings (SSSR count). The van der Waals surface area contributed by atoms with Crippen LogP contribution in [0.4, 0.5) is 10.5 Å². The van der Waals surface area contributed by atoms with Gasteiger partial charge in [-0.3, -0.25) is 15.0 Å². The van der Waals surface area contributed by atoms with Gasteiger partial charge < -0.3 is 14.8 Å². The van der Waals surface area contributed by atoms with Gasteiger partial charge in [0.1, 0.15) is 13.2 Å². The lowest BCUT2D eigenvalue weighted by molar-refractivity contribution is -0.121. The molecule has 7 heteroatoms. The maximum Gasteiger partial charge on any atom is 0.325 e. The van der Waals surface area contributed by atoms with Gasteiger partial charge in [0.25, 0.3) is 0 Å². The molecule has 3 amide bonds. The molecule has 0 radical (unpaired) electrons. The second kappa shape index (κ2) is 7.53. The van der Waals surface area contributed by atoms with Crippen LogP contribution < -0.4 is 20.1 Å². The summed E-state index contributed by atoms with van der Waals surface area (Å²) >= 11 is 0. The fourth-order valence-corrected chi connectivity index (χ4v) is 3.08. The number of benzene rings is 1. The van der Waals surface area contributed by atoms with Crippen LogP contribution in [0.15, 0.2) is 18.2 Å². The first-order chi connectivity index (χ1) is 11.6. The van der Waals surface area contributed by atoms with Crippen molar-refractivity contribution in [3.05, 3.63) is 18.2 Å². The second-order valence-corrected chi connectivity index (χ2v) is 6.34. The number of hydrogen-bond donors (Lipinski definition) is 2. The molecule has 0 spiro atoms. The van der Waals surface area contributed by atoms with E-state index in [-0.39, 0.29) is 12.5 Å². The third-order valence-corrected chi connectivity index (χ3v) is 4.16. The summed E-state index contributed by atoms with van der Waals surface area (Å²) in [6.07, 6.45) is 2.29. The molecular weight excluding hydrogens is 310 g/mol. The smallest absolute Gasteiger partial charge is 0.325 e. The molecule has 0 aromatic heterocycles. The van der Waals surface area contributed by atoms with E-state index in [0.29, 0.717) is 36.3 Å². The minimum Gasteiger partial charge on any atom is -0.486 e. The Kier molecular flexibility index (Phi) is 5.20. The third-order valence-electron chi connectivity index (χ3n) is 4.16. The van der Waals surface area contributed by atoms with Crippen LogP contribution >= 0.6 is 0 Å². The zero-order valence-electron chi connectivity index (χ0n) is 13.8. The van der Waals surface area contributed by atoms with Crippen LogP contribution in [0.3, 0.4) is 0 Å². The number of anilines is 1. The second-order valence-electron chi connectivity index (χ2n) is 6.34. The third kappa shape index (κ3) is 4.38. The van der Waals surface area contributed by atoms with E-state index in [4.69, 9.17) is 9.47 Å². The predicted molar refractivity (Wildman–Crippen MR) is 89.4 cm³/mol. The van der Waals surface area contributed by atoms with E-state index in [2.05, 4.69) is 22.5 Å². The Morgan fingerprint density at radius 1 is 1.25 bits per heavy atom.